The van der Waals surface area contributed by atoms with Gasteiger partial charge in [0.05, 0.1) is 5.70 Å². The smallest absolute Gasteiger partial charge is 0.360 e. The van der Waals surface area contributed by atoms with Crippen molar-refractivity contribution in [3.8, 4) is 0 Å². The largest absolute Gasteiger partial charge is 0.476 e. The number of nitrogens with one attached hydrogen (secondary N) is 2. The number of benzene rings is 3. The molecule has 4 rings (SSSR count). The Kier molecular flexibility index (Phi) is 6.55. The van der Waals surface area contributed by atoms with E-state index in [2.05, 4.69) is 52.4 Å². The van der Waals surface area contributed by atoms with Crippen molar-refractivity contribution in [1.82, 2.24) is 15.4 Å². The first kappa shape index (κ1) is 21.6. The van der Waals surface area contributed by atoms with Gasteiger partial charge < -0.3 is 9.94 Å². The lowest BCUT2D eigenvalue weighted by Crippen LogP contribution is -2.54. The van der Waals surface area contributed by atoms with Crippen molar-refractivity contribution in [2.24, 2.45) is 5.16 Å². The second-order valence-corrected chi connectivity index (χ2v) is 7.74. The standard InChI is InChI=1S/C24H22N4O3S/c1-31-26-22(23(29)30)21-17-32-28(25-21)27-24(18-11-5-2-6-12-18,19-13-7-3-8-14-19)20-15-9-4-10-16-20/h2-17,25,27H,1H3,(H,29,30)/b26-22+. The molecule has 0 atom stereocenters. The maximum atomic E-state index is 11.6. The van der Waals surface area contributed by atoms with Gasteiger partial charge >= 0.3 is 5.97 Å². The summed E-state index contributed by atoms with van der Waals surface area (Å²) in [5.74, 6) is -1.19. The van der Waals surface area contributed by atoms with Crippen LogP contribution in [-0.4, -0.2) is 28.4 Å². The molecule has 32 heavy (non-hydrogen) atoms. The van der Waals surface area contributed by atoms with E-state index in [1.165, 1.54) is 19.1 Å². The van der Waals surface area contributed by atoms with E-state index in [-0.39, 0.29) is 5.71 Å². The van der Waals surface area contributed by atoms with Crippen molar-refractivity contribution in [2.45, 2.75) is 5.54 Å². The maximum Gasteiger partial charge on any atom is 0.360 e. The second-order valence-electron chi connectivity index (χ2n) is 6.93. The molecule has 162 valence electrons. The number of hydrogen-bond acceptors (Lipinski definition) is 7. The number of carbonyl (C=O) groups is 1. The zero-order chi connectivity index (χ0) is 22.4. The highest BCUT2D eigenvalue weighted by atomic mass is 32.2. The van der Waals surface area contributed by atoms with Crippen LogP contribution in [0.2, 0.25) is 0 Å². The van der Waals surface area contributed by atoms with E-state index in [0.29, 0.717) is 5.70 Å². The molecule has 0 aliphatic carbocycles. The van der Waals surface area contributed by atoms with Crippen LogP contribution in [0.4, 0.5) is 0 Å². The van der Waals surface area contributed by atoms with Gasteiger partial charge in [-0.25, -0.2) is 10.2 Å². The van der Waals surface area contributed by atoms with Crippen LogP contribution in [-0.2, 0) is 15.2 Å². The molecular formula is C24H22N4O3S. The lowest BCUT2D eigenvalue weighted by molar-refractivity contribution is -0.129. The summed E-state index contributed by atoms with van der Waals surface area (Å²) in [7, 11) is 1.31. The highest BCUT2D eigenvalue weighted by Crippen LogP contribution is 2.38. The number of carboxylic acids is 1. The Labute approximate surface area is 190 Å². The summed E-state index contributed by atoms with van der Waals surface area (Å²) in [5, 5.41) is 14.8. The molecule has 0 spiro atoms. The average Bonchev–Trinajstić information content (AvgIpc) is 3.30. The third-order valence-electron chi connectivity index (χ3n) is 5.03. The van der Waals surface area contributed by atoms with Crippen LogP contribution in [0.15, 0.2) is 107 Å². The molecule has 0 saturated heterocycles. The summed E-state index contributed by atoms with van der Waals surface area (Å²) in [5.41, 5.74) is 9.09. The minimum Gasteiger partial charge on any atom is -0.476 e. The molecule has 0 aromatic heterocycles. The van der Waals surface area contributed by atoms with Gasteiger partial charge in [-0.1, -0.05) is 101 Å². The van der Waals surface area contributed by atoms with E-state index in [1.54, 1.807) is 9.93 Å². The van der Waals surface area contributed by atoms with E-state index >= 15 is 0 Å². The number of carboxylic acid groups (broad SMARTS) is 1. The highest BCUT2D eigenvalue weighted by molar-refractivity contribution is 8.00. The third-order valence-corrected chi connectivity index (χ3v) is 5.76. The molecule has 3 aromatic rings. The summed E-state index contributed by atoms with van der Waals surface area (Å²) in [6.45, 7) is 0. The van der Waals surface area contributed by atoms with Crippen LogP contribution in [0, 0.1) is 0 Å². The molecule has 0 fully saturated rings. The number of rotatable bonds is 8. The van der Waals surface area contributed by atoms with E-state index in [4.69, 9.17) is 4.84 Å². The third kappa shape index (κ3) is 4.24. The molecule has 0 unspecified atom stereocenters. The lowest BCUT2D eigenvalue weighted by atomic mass is 9.77. The van der Waals surface area contributed by atoms with Crippen molar-refractivity contribution in [1.29, 1.82) is 0 Å². The normalized spacial score (nSPS) is 14.5. The predicted molar refractivity (Wildman–Crippen MR) is 125 cm³/mol. The summed E-state index contributed by atoms with van der Waals surface area (Å²) in [6.07, 6.45) is 0. The van der Waals surface area contributed by atoms with Crippen LogP contribution < -0.4 is 10.9 Å². The number of oxime groups is 1. The Morgan fingerprint density at radius 3 is 1.81 bits per heavy atom. The van der Waals surface area contributed by atoms with Crippen LogP contribution in [0.1, 0.15) is 16.7 Å². The Hall–Kier alpha value is -3.59. The zero-order valence-electron chi connectivity index (χ0n) is 17.3. The maximum absolute atomic E-state index is 11.6. The fourth-order valence-corrected chi connectivity index (χ4v) is 4.35. The topological polar surface area (TPSA) is 86.2 Å². The molecule has 7 nitrogen and oxygen atoms in total. The molecule has 1 aliphatic rings. The minimum absolute atomic E-state index is 0.214. The van der Waals surface area contributed by atoms with Crippen molar-refractivity contribution in [2.75, 3.05) is 7.11 Å². The molecule has 1 heterocycles. The Bertz CT molecular complexity index is 1030. The van der Waals surface area contributed by atoms with E-state index in [1.807, 2.05) is 54.6 Å². The quantitative estimate of drug-likeness (QED) is 0.210. The summed E-state index contributed by atoms with van der Waals surface area (Å²) < 4.78 is 1.68. The Morgan fingerprint density at radius 1 is 0.938 bits per heavy atom. The predicted octanol–water partition coefficient (Wildman–Crippen LogP) is 3.88. The lowest BCUT2D eigenvalue weighted by Gasteiger charge is -2.39. The number of nitrogens with zero attached hydrogens (tertiary/aromatic N) is 2. The van der Waals surface area contributed by atoms with Gasteiger partial charge in [0, 0.05) is 5.41 Å². The van der Waals surface area contributed by atoms with E-state index < -0.39 is 11.5 Å². The fraction of sp³-hybridized carbons (Fsp3) is 0.0833. The molecule has 1 aliphatic heterocycles. The van der Waals surface area contributed by atoms with Crippen molar-refractivity contribution in [3.05, 3.63) is 119 Å². The molecule has 0 bridgehead atoms. The van der Waals surface area contributed by atoms with Crippen LogP contribution in [0.3, 0.4) is 0 Å². The van der Waals surface area contributed by atoms with Gasteiger partial charge in [0.1, 0.15) is 12.6 Å². The zero-order valence-corrected chi connectivity index (χ0v) is 18.1. The Balaban J connectivity index is 1.78. The van der Waals surface area contributed by atoms with E-state index in [9.17, 15) is 9.90 Å². The van der Waals surface area contributed by atoms with Gasteiger partial charge in [-0.2, -0.15) is 0 Å². The van der Waals surface area contributed by atoms with Crippen LogP contribution >= 0.6 is 11.9 Å². The van der Waals surface area contributed by atoms with Gasteiger partial charge in [-0.05, 0) is 28.6 Å². The van der Waals surface area contributed by atoms with Gasteiger partial charge in [0.2, 0.25) is 5.71 Å². The SMILES string of the molecule is CO/N=C(/C(=O)O)C1=CSN(NC(c2ccccc2)(c2ccccc2)c2ccccc2)N1. The summed E-state index contributed by atoms with van der Waals surface area (Å²) in [6, 6.07) is 30.3. The summed E-state index contributed by atoms with van der Waals surface area (Å²) in [4.78, 5) is 16.3. The molecule has 0 saturated carbocycles. The van der Waals surface area contributed by atoms with Gasteiger partial charge in [0.15, 0.2) is 0 Å². The minimum atomic E-state index is -1.19. The number of aliphatic carboxylic acids is 1. The van der Waals surface area contributed by atoms with Crippen LogP contribution in [0.5, 0.6) is 0 Å². The monoisotopic (exact) mass is 446 g/mol. The van der Waals surface area contributed by atoms with Gasteiger partial charge in [-0.3, -0.25) is 5.43 Å². The van der Waals surface area contributed by atoms with Gasteiger partial charge in [-0.15, -0.1) is 0 Å². The first-order valence-corrected chi connectivity index (χ1v) is 10.7. The first-order valence-electron chi connectivity index (χ1n) is 9.88. The molecular weight excluding hydrogens is 424 g/mol. The molecule has 0 amide bonds. The molecule has 8 heteroatoms. The summed E-state index contributed by atoms with van der Waals surface area (Å²) >= 11 is 1.28. The number of hydrazine groups is 2. The van der Waals surface area contributed by atoms with Crippen molar-refractivity contribution in [3.63, 3.8) is 0 Å². The molecule has 0 radical (unpaired) electrons. The molecule has 3 aromatic carbocycles. The fourth-order valence-electron chi connectivity index (χ4n) is 3.64. The van der Waals surface area contributed by atoms with Crippen LogP contribution in [0.25, 0.3) is 0 Å². The second kappa shape index (κ2) is 9.69. The highest BCUT2D eigenvalue weighted by Gasteiger charge is 2.39. The van der Waals surface area contributed by atoms with Gasteiger partial charge in [0.25, 0.3) is 0 Å². The molecule has 3 N–H and O–H groups in total. The van der Waals surface area contributed by atoms with Crippen molar-refractivity contribution >= 4 is 23.6 Å². The first-order chi connectivity index (χ1) is 15.6. The van der Waals surface area contributed by atoms with E-state index in [0.717, 1.165) is 16.7 Å². The number of hydrogen-bond donors (Lipinski definition) is 3. The Morgan fingerprint density at radius 2 is 1.41 bits per heavy atom. The average molecular weight is 447 g/mol. The van der Waals surface area contributed by atoms with Crippen molar-refractivity contribution < 1.29 is 14.7 Å².